The van der Waals surface area contributed by atoms with Gasteiger partial charge in [0.05, 0.1) is 24.3 Å². The van der Waals surface area contributed by atoms with E-state index in [0.29, 0.717) is 11.3 Å². The zero-order valence-electron chi connectivity index (χ0n) is 16.8. The molecule has 0 fully saturated rings. The Hall–Kier alpha value is -4.21. The standard InChI is InChI=1S/C22H17F3N6O/c1-13-16(7-8-17(19(13)26)14-5-3-2-4-6-14)21(32)30-15-11-18(22(23,24)25)20(27-12-15)31-28-9-10-29-31/h2-12H,26H2,1H3,(H,30,32). The van der Waals surface area contributed by atoms with Crippen molar-refractivity contribution in [1.82, 2.24) is 20.0 Å². The molecule has 4 aromatic rings. The van der Waals surface area contributed by atoms with Gasteiger partial charge in [-0.3, -0.25) is 4.79 Å². The van der Waals surface area contributed by atoms with Crippen LogP contribution in [0.1, 0.15) is 21.5 Å². The number of anilines is 2. The molecule has 0 bridgehead atoms. The second kappa shape index (κ2) is 8.14. The van der Waals surface area contributed by atoms with Gasteiger partial charge in [-0.15, -0.1) is 4.80 Å². The molecule has 0 aliphatic rings. The smallest absolute Gasteiger partial charge is 0.398 e. The van der Waals surface area contributed by atoms with Crippen molar-refractivity contribution in [2.45, 2.75) is 13.1 Å². The highest BCUT2D eigenvalue weighted by atomic mass is 19.4. The molecule has 2 heterocycles. The van der Waals surface area contributed by atoms with E-state index in [-0.39, 0.29) is 11.3 Å². The van der Waals surface area contributed by atoms with Gasteiger partial charge in [-0.05, 0) is 30.2 Å². The summed E-state index contributed by atoms with van der Waals surface area (Å²) in [6.07, 6.45) is -1.13. The van der Waals surface area contributed by atoms with Gasteiger partial charge in [0.2, 0.25) is 0 Å². The monoisotopic (exact) mass is 438 g/mol. The molecule has 0 aliphatic heterocycles. The average Bonchev–Trinajstić information content (AvgIpc) is 3.30. The second-order valence-electron chi connectivity index (χ2n) is 6.93. The number of hydrogen-bond acceptors (Lipinski definition) is 5. The Bertz CT molecular complexity index is 1270. The number of rotatable bonds is 4. The van der Waals surface area contributed by atoms with Gasteiger partial charge >= 0.3 is 6.18 Å². The highest BCUT2D eigenvalue weighted by Crippen LogP contribution is 2.34. The van der Waals surface area contributed by atoms with Crippen LogP contribution >= 0.6 is 0 Å². The van der Waals surface area contributed by atoms with E-state index in [1.165, 1.54) is 12.4 Å². The molecule has 0 radical (unpaired) electrons. The number of amides is 1. The molecule has 0 atom stereocenters. The first-order valence-corrected chi connectivity index (χ1v) is 9.45. The third-order valence-electron chi connectivity index (χ3n) is 4.88. The Balaban J connectivity index is 1.65. The van der Waals surface area contributed by atoms with E-state index in [1.54, 1.807) is 19.1 Å². The van der Waals surface area contributed by atoms with E-state index in [1.807, 2.05) is 30.3 Å². The predicted molar refractivity (Wildman–Crippen MR) is 113 cm³/mol. The van der Waals surface area contributed by atoms with E-state index in [9.17, 15) is 18.0 Å². The molecule has 7 nitrogen and oxygen atoms in total. The molecule has 0 aliphatic carbocycles. The Kier molecular flexibility index (Phi) is 5.35. The molecule has 32 heavy (non-hydrogen) atoms. The van der Waals surface area contributed by atoms with Crippen LogP contribution in [0.25, 0.3) is 16.9 Å². The van der Waals surface area contributed by atoms with E-state index >= 15 is 0 Å². The van der Waals surface area contributed by atoms with Gasteiger partial charge in [-0.2, -0.15) is 23.4 Å². The summed E-state index contributed by atoms with van der Waals surface area (Å²) in [5.74, 6) is -1.10. The van der Waals surface area contributed by atoms with Crippen LogP contribution in [0.4, 0.5) is 24.5 Å². The minimum Gasteiger partial charge on any atom is -0.398 e. The normalized spacial score (nSPS) is 11.4. The number of nitrogen functional groups attached to an aromatic ring is 1. The maximum Gasteiger partial charge on any atom is 0.420 e. The number of nitrogens with two attached hydrogens (primary N) is 1. The lowest BCUT2D eigenvalue weighted by Gasteiger charge is -2.15. The lowest BCUT2D eigenvalue weighted by Crippen LogP contribution is -2.18. The number of benzene rings is 2. The molecule has 2 aromatic heterocycles. The maximum atomic E-state index is 13.6. The van der Waals surface area contributed by atoms with Crippen molar-refractivity contribution in [3.63, 3.8) is 0 Å². The molecule has 4 rings (SSSR count). The second-order valence-corrected chi connectivity index (χ2v) is 6.93. The van der Waals surface area contributed by atoms with Gasteiger partial charge in [0, 0.05) is 16.8 Å². The van der Waals surface area contributed by atoms with E-state index < -0.39 is 23.5 Å². The number of nitrogens with one attached hydrogen (secondary N) is 1. The van der Waals surface area contributed by atoms with Crippen molar-refractivity contribution in [2.24, 2.45) is 0 Å². The molecule has 0 saturated heterocycles. The Morgan fingerprint density at radius 3 is 2.41 bits per heavy atom. The first-order valence-electron chi connectivity index (χ1n) is 9.45. The molecular formula is C22H17F3N6O. The summed E-state index contributed by atoms with van der Waals surface area (Å²) < 4.78 is 40.7. The number of hydrogen-bond donors (Lipinski definition) is 2. The molecular weight excluding hydrogens is 421 g/mol. The number of carbonyl (C=O) groups excluding carboxylic acids is 1. The van der Waals surface area contributed by atoms with Crippen LogP contribution in [0.5, 0.6) is 0 Å². The topological polar surface area (TPSA) is 98.7 Å². The van der Waals surface area contributed by atoms with Gasteiger partial charge in [-0.25, -0.2) is 4.98 Å². The summed E-state index contributed by atoms with van der Waals surface area (Å²) in [6.45, 7) is 1.68. The number of aromatic nitrogens is 4. The van der Waals surface area contributed by atoms with Gasteiger partial charge < -0.3 is 11.1 Å². The highest BCUT2D eigenvalue weighted by molar-refractivity contribution is 6.07. The van der Waals surface area contributed by atoms with Crippen molar-refractivity contribution in [3.05, 3.63) is 83.8 Å². The third-order valence-corrected chi connectivity index (χ3v) is 4.88. The van der Waals surface area contributed by atoms with Gasteiger partial charge in [0.15, 0.2) is 5.82 Å². The molecule has 162 valence electrons. The SMILES string of the molecule is Cc1c(C(=O)Nc2cnc(-n3nccn3)c(C(F)(F)F)c2)ccc(-c2ccccc2)c1N. The van der Waals surface area contributed by atoms with E-state index in [2.05, 4.69) is 20.5 Å². The molecule has 0 saturated carbocycles. The summed E-state index contributed by atoms with van der Waals surface area (Å²) in [5, 5.41) is 9.85. The summed E-state index contributed by atoms with van der Waals surface area (Å²) in [5.41, 5.74) is 7.87. The van der Waals surface area contributed by atoms with Crippen LogP contribution in [0.15, 0.2) is 67.1 Å². The largest absolute Gasteiger partial charge is 0.420 e. The quantitative estimate of drug-likeness (QED) is 0.458. The van der Waals surface area contributed by atoms with Crippen LogP contribution < -0.4 is 11.1 Å². The fourth-order valence-corrected chi connectivity index (χ4v) is 3.26. The lowest BCUT2D eigenvalue weighted by molar-refractivity contribution is -0.137. The van der Waals surface area contributed by atoms with Crippen molar-refractivity contribution in [1.29, 1.82) is 0 Å². The van der Waals surface area contributed by atoms with Crippen molar-refractivity contribution < 1.29 is 18.0 Å². The molecule has 0 spiro atoms. The molecule has 0 unspecified atom stereocenters. The molecule has 2 aromatic carbocycles. The number of pyridine rings is 1. The van der Waals surface area contributed by atoms with Crippen LogP contribution in [-0.2, 0) is 6.18 Å². The minimum atomic E-state index is -4.73. The number of carbonyl (C=O) groups is 1. The zero-order chi connectivity index (χ0) is 22.9. The van der Waals surface area contributed by atoms with Crippen molar-refractivity contribution in [2.75, 3.05) is 11.1 Å². The third kappa shape index (κ3) is 4.02. The van der Waals surface area contributed by atoms with E-state index in [0.717, 1.165) is 28.2 Å². The summed E-state index contributed by atoms with van der Waals surface area (Å²) >= 11 is 0. The van der Waals surface area contributed by atoms with Crippen LogP contribution in [0.3, 0.4) is 0 Å². The molecule has 10 heteroatoms. The minimum absolute atomic E-state index is 0.122. The number of halogens is 3. The summed E-state index contributed by atoms with van der Waals surface area (Å²) in [4.78, 5) is 17.4. The number of nitrogens with zero attached hydrogens (tertiary/aromatic N) is 4. The molecule has 3 N–H and O–H groups in total. The van der Waals surface area contributed by atoms with E-state index in [4.69, 9.17) is 5.73 Å². The van der Waals surface area contributed by atoms with Gasteiger partial charge in [-0.1, -0.05) is 36.4 Å². The fraction of sp³-hybridized carbons (Fsp3) is 0.0909. The lowest BCUT2D eigenvalue weighted by atomic mass is 9.97. The van der Waals surface area contributed by atoms with Gasteiger partial charge in [0.1, 0.15) is 5.56 Å². The van der Waals surface area contributed by atoms with Crippen molar-refractivity contribution >= 4 is 17.3 Å². The summed E-state index contributed by atoms with van der Waals surface area (Å²) in [7, 11) is 0. The highest BCUT2D eigenvalue weighted by Gasteiger charge is 2.36. The Morgan fingerprint density at radius 2 is 1.75 bits per heavy atom. The maximum absolute atomic E-state index is 13.6. The van der Waals surface area contributed by atoms with Crippen LogP contribution in [-0.4, -0.2) is 25.9 Å². The van der Waals surface area contributed by atoms with Gasteiger partial charge in [0.25, 0.3) is 5.91 Å². The zero-order valence-corrected chi connectivity index (χ0v) is 16.8. The number of alkyl halides is 3. The first-order chi connectivity index (χ1) is 15.3. The van der Waals surface area contributed by atoms with Crippen LogP contribution in [0.2, 0.25) is 0 Å². The molecule has 1 amide bonds. The fourth-order valence-electron chi connectivity index (χ4n) is 3.26. The van der Waals surface area contributed by atoms with Crippen LogP contribution in [0, 0.1) is 6.92 Å². The van der Waals surface area contributed by atoms with Crippen molar-refractivity contribution in [3.8, 4) is 16.9 Å². The average molecular weight is 438 g/mol. The summed E-state index contributed by atoms with van der Waals surface area (Å²) in [6, 6.07) is 13.5. The Labute approximate surface area is 180 Å². The predicted octanol–water partition coefficient (Wildman–Crippen LogP) is 4.49. The Morgan fingerprint density at radius 1 is 1.06 bits per heavy atom. The first kappa shape index (κ1) is 21.0.